The number of aliphatic hydroxyl groups excluding tert-OH is 2. The number of nitrogens with one attached hydrogen (secondary N) is 3. The van der Waals surface area contributed by atoms with Crippen molar-refractivity contribution in [3.63, 3.8) is 0 Å². The summed E-state index contributed by atoms with van der Waals surface area (Å²) in [6, 6.07) is -3.43. The number of urea groups is 1. The number of aliphatic hydroxyl groups is 3. The van der Waals surface area contributed by atoms with Crippen LogP contribution in [0.25, 0.3) is 0 Å². The lowest BCUT2D eigenvalue weighted by Gasteiger charge is -2.51. The average Bonchev–Trinajstić information content (AvgIpc) is 2.92. The van der Waals surface area contributed by atoms with Crippen molar-refractivity contribution in [3.05, 3.63) is 11.8 Å². The van der Waals surface area contributed by atoms with Gasteiger partial charge in [0, 0.05) is 24.5 Å². The molecule has 2 fully saturated rings. The molecule has 15 N–H and O–H groups in total. The molecule has 0 aromatic carbocycles. The van der Waals surface area contributed by atoms with Crippen LogP contribution < -0.4 is 38.9 Å². The van der Waals surface area contributed by atoms with Crippen LogP contribution in [0.3, 0.4) is 0 Å². The van der Waals surface area contributed by atoms with E-state index in [1.54, 1.807) is 7.05 Å². The molecule has 41 heavy (non-hydrogen) atoms. The van der Waals surface area contributed by atoms with Crippen molar-refractivity contribution in [2.75, 3.05) is 46.4 Å². The molecule has 2 aliphatic heterocycles. The fourth-order valence-corrected chi connectivity index (χ4v) is 5.99. The highest BCUT2D eigenvalue weighted by atomic mass is 16.7. The summed E-state index contributed by atoms with van der Waals surface area (Å²) in [5, 5.41) is 53.0. The quantitative estimate of drug-likeness (QED) is 0.0585. The third kappa shape index (κ3) is 8.04. The van der Waals surface area contributed by atoms with Crippen LogP contribution in [0.15, 0.2) is 11.8 Å². The zero-order valence-corrected chi connectivity index (χ0v) is 23.9. The molecule has 3 rings (SSSR count). The number of amides is 2. The fourth-order valence-electron chi connectivity index (χ4n) is 5.99. The van der Waals surface area contributed by atoms with E-state index in [1.165, 1.54) is 6.92 Å². The van der Waals surface area contributed by atoms with Crippen LogP contribution in [0.4, 0.5) is 4.79 Å². The fraction of sp³-hybridized carbons (Fsp3) is 0.880. The van der Waals surface area contributed by atoms with Crippen molar-refractivity contribution in [1.29, 1.82) is 0 Å². The Morgan fingerprint density at radius 2 is 1.95 bits per heavy atom. The minimum Gasteiger partial charge on any atom is -0.492 e. The van der Waals surface area contributed by atoms with Gasteiger partial charge in [-0.3, -0.25) is 5.21 Å². The summed E-state index contributed by atoms with van der Waals surface area (Å²) < 4.78 is 18.1. The monoisotopic (exact) mass is 590 g/mol. The van der Waals surface area contributed by atoms with Gasteiger partial charge in [0.15, 0.2) is 6.29 Å². The number of nitrogens with zero attached hydrogens (tertiary/aromatic N) is 1. The van der Waals surface area contributed by atoms with Crippen LogP contribution in [-0.2, 0) is 14.2 Å². The van der Waals surface area contributed by atoms with E-state index in [2.05, 4.69) is 16.0 Å². The summed E-state index contributed by atoms with van der Waals surface area (Å²) in [5.41, 5.74) is 22.3. The van der Waals surface area contributed by atoms with E-state index < -0.39 is 66.4 Å². The van der Waals surface area contributed by atoms with E-state index in [9.17, 15) is 25.3 Å². The maximum absolute atomic E-state index is 12.7. The Kier molecular flexibility index (Phi) is 12.5. The van der Waals surface area contributed by atoms with E-state index in [0.717, 1.165) is 6.42 Å². The zero-order chi connectivity index (χ0) is 30.3. The van der Waals surface area contributed by atoms with E-state index in [0.29, 0.717) is 30.3 Å². The lowest BCUT2D eigenvalue weighted by Crippen LogP contribution is -2.70. The van der Waals surface area contributed by atoms with Crippen molar-refractivity contribution in [2.45, 2.75) is 86.7 Å². The van der Waals surface area contributed by atoms with Gasteiger partial charge in [-0.05, 0) is 52.4 Å². The van der Waals surface area contributed by atoms with Crippen LogP contribution in [0.5, 0.6) is 0 Å². The Hall–Kier alpha value is -1.67. The molecule has 0 spiro atoms. The van der Waals surface area contributed by atoms with Crippen LogP contribution in [0.1, 0.15) is 26.2 Å². The van der Waals surface area contributed by atoms with Gasteiger partial charge in [0.25, 0.3) is 0 Å². The molecule has 11 atom stereocenters. The number of likely N-dealkylation sites (N-methyl/N-ethyl adjacent to an activating group) is 1. The van der Waals surface area contributed by atoms with Gasteiger partial charge in [-0.15, -0.1) is 0 Å². The Bertz CT molecular complexity index is 869. The number of rotatable bonds is 12. The van der Waals surface area contributed by atoms with Crippen molar-refractivity contribution in [3.8, 4) is 0 Å². The molecular formula is C25H50N8O8. The Morgan fingerprint density at radius 3 is 2.59 bits per heavy atom. The maximum atomic E-state index is 12.7. The van der Waals surface area contributed by atoms with Crippen LogP contribution in [0, 0.1) is 5.92 Å². The molecule has 1 saturated heterocycles. The first-order valence-corrected chi connectivity index (χ1v) is 14.2. The molecule has 238 valence electrons. The van der Waals surface area contributed by atoms with Gasteiger partial charge in [0.05, 0.1) is 37.9 Å². The van der Waals surface area contributed by atoms with Crippen molar-refractivity contribution in [2.24, 2.45) is 28.9 Å². The zero-order valence-electron chi connectivity index (χ0n) is 23.9. The van der Waals surface area contributed by atoms with Crippen molar-refractivity contribution < 1.29 is 39.5 Å². The maximum Gasteiger partial charge on any atom is 0.341 e. The summed E-state index contributed by atoms with van der Waals surface area (Å²) in [5.74, 6) is -0.112. The first kappa shape index (κ1) is 33.8. The molecule has 0 aromatic rings. The highest BCUT2D eigenvalue weighted by molar-refractivity contribution is 5.73. The number of carbonyl (C=O) groups is 1. The summed E-state index contributed by atoms with van der Waals surface area (Å²) >= 11 is 0. The Labute approximate surface area is 240 Å². The third-order valence-electron chi connectivity index (χ3n) is 8.12. The second-order valence-corrected chi connectivity index (χ2v) is 11.2. The molecule has 2 heterocycles. The number of hydrogen-bond donors (Lipinski definition) is 11. The van der Waals surface area contributed by atoms with E-state index in [1.807, 2.05) is 6.08 Å². The number of hydroxylamine groups is 2. The van der Waals surface area contributed by atoms with Crippen molar-refractivity contribution in [1.82, 2.24) is 21.0 Å². The molecule has 0 aromatic heterocycles. The van der Waals surface area contributed by atoms with Crippen LogP contribution in [-0.4, -0.2) is 138 Å². The number of carbonyl (C=O) groups excluding carboxylic acids is 1. The molecule has 16 heteroatoms. The molecular weight excluding hydrogens is 540 g/mol. The molecule has 3 aliphatic rings. The second kappa shape index (κ2) is 15.2. The summed E-state index contributed by atoms with van der Waals surface area (Å²) in [6.07, 6.45) is -2.27. The van der Waals surface area contributed by atoms with Gasteiger partial charge in [-0.1, -0.05) is 0 Å². The first-order valence-electron chi connectivity index (χ1n) is 14.2. The van der Waals surface area contributed by atoms with E-state index in [4.69, 9.17) is 37.1 Å². The highest BCUT2D eigenvalue weighted by Crippen LogP contribution is 2.37. The van der Waals surface area contributed by atoms with Gasteiger partial charge in [-0.2, -0.15) is 0 Å². The smallest absolute Gasteiger partial charge is 0.341 e. The molecule has 0 bridgehead atoms. The van der Waals surface area contributed by atoms with Gasteiger partial charge in [0.1, 0.15) is 29.7 Å². The molecule has 1 saturated carbocycles. The molecule has 0 radical (unpaired) electrons. The second-order valence-electron chi connectivity index (χ2n) is 11.2. The standard InChI is InChI=1S/C25H50N8O8/c1-25(37)12-39-23(19(35)22(25)30-2)41-21-16(32-24(36)33(38)9-7-27)10-14(29)17(18(21)34)20-15(31-8-3-6-26)5-4-13(11-28)40-20/h4,14-23,30-31,34-35,37-38H,3,5-12,26-29H2,1-2H3,(H,32,36). The van der Waals surface area contributed by atoms with E-state index in [-0.39, 0.29) is 38.7 Å². The van der Waals surface area contributed by atoms with Crippen LogP contribution in [0.2, 0.25) is 0 Å². The summed E-state index contributed by atoms with van der Waals surface area (Å²) in [7, 11) is 1.59. The van der Waals surface area contributed by atoms with Crippen molar-refractivity contribution >= 4 is 6.03 Å². The molecule has 1 aliphatic carbocycles. The minimum absolute atomic E-state index is 0.0285. The topological polar surface area (TPSA) is 269 Å². The lowest BCUT2D eigenvalue weighted by atomic mass is 9.72. The van der Waals surface area contributed by atoms with Crippen LogP contribution >= 0.6 is 0 Å². The normalized spacial score (nSPS) is 39.5. The Balaban J connectivity index is 1.90. The van der Waals surface area contributed by atoms with Gasteiger partial charge in [0.2, 0.25) is 0 Å². The number of hydrogen-bond acceptors (Lipinski definition) is 14. The summed E-state index contributed by atoms with van der Waals surface area (Å²) in [6.45, 7) is 2.58. The largest absolute Gasteiger partial charge is 0.492 e. The Morgan fingerprint density at radius 1 is 1.22 bits per heavy atom. The van der Waals surface area contributed by atoms with Gasteiger partial charge < -0.3 is 68.4 Å². The van der Waals surface area contributed by atoms with Gasteiger partial charge >= 0.3 is 6.03 Å². The first-order chi connectivity index (χ1) is 19.5. The predicted octanol–water partition coefficient (Wildman–Crippen LogP) is -4.20. The van der Waals surface area contributed by atoms with Gasteiger partial charge in [-0.25, -0.2) is 9.86 Å². The molecule has 16 nitrogen and oxygen atoms in total. The highest BCUT2D eigenvalue weighted by Gasteiger charge is 2.53. The molecule has 2 amide bonds. The SMILES string of the molecule is CNC1C(O)C(OC2C(NC(=O)N(O)CCN)CC(N)C(C3OC(CN)=CCC3NCCCN)C2O)OCC1(C)O. The minimum atomic E-state index is -1.39. The number of nitrogens with two attached hydrogens (primary N) is 4. The molecule has 11 unspecified atom stereocenters. The van der Waals surface area contributed by atoms with E-state index >= 15 is 0 Å². The summed E-state index contributed by atoms with van der Waals surface area (Å²) in [4.78, 5) is 12.7. The average molecular weight is 591 g/mol. The predicted molar refractivity (Wildman–Crippen MR) is 148 cm³/mol. The lowest BCUT2D eigenvalue weighted by molar-refractivity contribution is -0.297. The number of ether oxygens (including phenoxy) is 3. The third-order valence-corrected chi connectivity index (χ3v) is 8.12.